The highest BCUT2D eigenvalue weighted by molar-refractivity contribution is 6.08. The summed E-state index contributed by atoms with van der Waals surface area (Å²) in [5.74, 6) is -0.196. The fraction of sp³-hybridized carbons (Fsp3) is 0.500. The second-order valence-electron chi connectivity index (χ2n) is 7.23. The summed E-state index contributed by atoms with van der Waals surface area (Å²) in [4.78, 5) is 38.5. The number of hydrogen-bond donors (Lipinski definition) is 3. The van der Waals surface area contributed by atoms with Crippen LogP contribution in [0.15, 0.2) is 30.3 Å². The Morgan fingerprint density at radius 2 is 2.08 bits per heavy atom. The Kier molecular flexibility index (Phi) is 4.76. The fourth-order valence-electron chi connectivity index (χ4n) is 3.66. The molecule has 134 valence electrons. The summed E-state index contributed by atoms with van der Waals surface area (Å²) in [6.45, 7) is 5.98. The molecule has 0 aromatic heterocycles. The minimum absolute atomic E-state index is 0.267. The molecular weight excluding hydrogens is 320 g/mol. The van der Waals surface area contributed by atoms with Gasteiger partial charge in [0.2, 0.25) is 0 Å². The van der Waals surface area contributed by atoms with Crippen molar-refractivity contribution in [3.8, 4) is 0 Å². The molecule has 0 saturated carbocycles. The van der Waals surface area contributed by atoms with Gasteiger partial charge in [-0.1, -0.05) is 37.3 Å². The summed E-state index contributed by atoms with van der Waals surface area (Å²) >= 11 is 0. The molecule has 2 aliphatic heterocycles. The average molecular weight is 345 g/mol. The van der Waals surface area contributed by atoms with E-state index >= 15 is 0 Å². The van der Waals surface area contributed by atoms with Gasteiger partial charge in [-0.25, -0.2) is 4.79 Å². The van der Waals surface area contributed by atoms with Crippen molar-refractivity contribution >= 4 is 17.8 Å². The first-order valence-corrected chi connectivity index (χ1v) is 8.75. The fourth-order valence-corrected chi connectivity index (χ4v) is 3.66. The highest BCUT2D eigenvalue weighted by Crippen LogP contribution is 2.27. The number of amides is 4. The number of benzene rings is 1. The number of imide groups is 1. The molecule has 1 aromatic rings. The van der Waals surface area contributed by atoms with Crippen molar-refractivity contribution in [3.63, 3.8) is 0 Å². The lowest BCUT2D eigenvalue weighted by Gasteiger charge is -2.27. The number of hydrogen-bond acceptors (Lipinski definition) is 3. The van der Waals surface area contributed by atoms with Crippen molar-refractivity contribution in [2.75, 3.05) is 19.6 Å². The Morgan fingerprint density at radius 3 is 2.76 bits per heavy atom. The topological polar surface area (TPSA) is 82.9 Å². The van der Waals surface area contributed by atoms with Gasteiger partial charge in [-0.3, -0.25) is 15.0 Å². The molecule has 4 amide bonds. The Balaban J connectivity index is 1.66. The van der Waals surface area contributed by atoms with Crippen LogP contribution in [0.25, 0.3) is 0 Å². The van der Waals surface area contributed by atoms with Crippen molar-refractivity contribution in [2.24, 2.45) is 5.92 Å². The number of urea groups is 1. The molecule has 2 fully saturated rings. The van der Waals surface area contributed by atoms with Gasteiger partial charge >= 0.3 is 6.03 Å². The Morgan fingerprint density at radius 1 is 1.36 bits per heavy atom. The standard InChI is InChI=1S/C18H24N4O3/c1-13-7-6-10-21(11-13)12-15(23)20-22-16(24)18(2,19-17(22)25)14-8-4-3-5-9-14/h3-5,8-9,13H,6-7,10-12H2,1-2H3,(H,19,25)(H,20,23)/p+1/t13-,18-/m1/s1. The number of rotatable bonds is 4. The molecule has 3 rings (SSSR count). The monoisotopic (exact) mass is 345 g/mol. The predicted octanol–water partition coefficient (Wildman–Crippen LogP) is -0.200. The van der Waals surface area contributed by atoms with Crippen LogP contribution in [-0.2, 0) is 15.1 Å². The second kappa shape index (κ2) is 6.84. The second-order valence-corrected chi connectivity index (χ2v) is 7.23. The van der Waals surface area contributed by atoms with Crippen LogP contribution in [0.3, 0.4) is 0 Å². The van der Waals surface area contributed by atoms with Crippen LogP contribution in [0.4, 0.5) is 4.79 Å². The van der Waals surface area contributed by atoms with Gasteiger partial charge in [0.15, 0.2) is 6.54 Å². The van der Waals surface area contributed by atoms with Gasteiger partial charge in [0.25, 0.3) is 11.8 Å². The first-order chi connectivity index (χ1) is 11.9. The molecule has 0 aliphatic carbocycles. The Labute approximate surface area is 147 Å². The molecule has 1 aromatic carbocycles. The van der Waals surface area contributed by atoms with E-state index in [0.717, 1.165) is 24.5 Å². The molecule has 7 nitrogen and oxygen atoms in total. The third kappa shape index (κ3) is 3.51. The van der Waals surface area contributed by atoms with Crippen LogP contribution < -0.4 is 15.6 Å². The van der Waals surface area contributed by atoms with E-state index < -0.39 is 17.5 Å². The summed E-state index contributed by atoms with van der Waals surface area (Å²) in [6, 6.07) is 8.41. The van der Waals surface area contributed by atoms with Crippen LogP contribution in [0.5, 0.6) is 0 Å². The lowest BCUT2D eigenvalue weighted by atomic mass is 9.92. The summed E-state index contributed by atoms with van der Waals surface area (Å²) in [5.41, 5.74) is 1.99. The summed E-state index contributed by atoms with van der Waals surface area (Å²) in [6.07, 6.45) is 2.28. The van der Waals surface area contributed by atoms with Gasteiger partial charge in [0.05, 0.1) is 13.1 Å². The molecule has 7 heteroatoms. The van der Waals surface area contributed by atoms with E-state index in [9.17, 15) is 14.4 Å². The van der Waals surface area contributed by atoms with Gasteiger partial charge < -0.3 is 10.2 Å². The summed E-state index contributed by atoms with van der Waals surface area (Å²) in [7, 11) is 0. The maximum atomic E-state index is 12.7. The number of carbonyl (C=O) groups excluding carboxylic acids is 3. The zero-order valence-electron chi connectivity index (χ0n) is 14.7. The molecule has 0 bridgehead atoms. The maximum absolute atomic E-state index is 12.7. The zero-order chi connectivity index (χ0) is 18.0. The van der Waals surface area contributed by atoms with Crippen molar-refractivity contribution in [3.05, 3.63) is 35.9 Å². The van der Waals surface area contributed by atoms with Crippen LogP contribution in [0, 0.1) is 5.92 Å². The maximum Gasteiger partial charge on any atom is 0.344 e. The highest BCUT2D eigenvalue weighted by Gasteiger charge is 2.50. The Bertz CT molecular complexity index is 678. The number of nitrogens with zero attached hydrogens (tertiary/aromatic N) is 1. The molecule has 25 heavy (non-hydrogen) atoms. The third-order valence-electron chi connectivity index (χ3n) is 5.05. The van der Waals surface area contributed by atoms with Gasteiger partial charge in [0.1, 0.15) is 5.54 Å². The largest absolute Gasteiger partial charge is 0.344 e. The van der Waals surface area contributed by atoms with Crippen molar-refractivity contribution in [1.82, 2.24) is 15.8 Å². The number of hydrazine groups is 1. The van der Waals surface area contributed by atoms with E-state index in [1.807, 2.05) is 18.2 Å². The predicted molar refractivity (Wildman–Crippen MR) is 91.3 cm³/mol. The van der Waals surface area contributed by atoms with Crippen LogP contribution >= 0.6 is 0 Å². The van der Waals surface area contributed by atoms with E-state index in [1.165, 1.54) is 11.3 Å². The van der Waals surface area contributed by atoms with Gasteiger partial charge in [-0.05, 0) is 25.3 Å². The smallest absolute Gasteiger partial charge is 0.327 e. The van der Waals surface area contributed by atoms with Crippen molar-refractivity contribution in [1.29, 1.82) is 0 Å². The molecular formula is C18H25N4O3+. The molecule has 0 spiro atoms. The quantitative estimate of drug-likeness (QED) is 0.661. The van der Waals surface area contributed by atoms with E-state index in [0.29, 0.717) is 11.5 Å². The molecule has 2 aliphatic rings. The lowest BCUT2D eigenvalue weighted by molar-refractivity contribution is -0.900. The minimum Gasteiger partial charge on any atom is -0.327 e. The molecule has 3 atom stereocenters. The number of carbonyl (C=O) groups is 3. The van der Waals surface area contributed by atoms with Gasteiger partial charge in [0, 0.05) is 5.92 Å². The Hall–Kier alpha value is -2.41. The van der Waals surface area contributed by atoms with Crippen molar-refractivity contribution in [2.45, 2.75) is 32.2 Å². The van der Waals surface area contributed by atoms with Gasteiger partial charge in [-0.2, -0.15) is 5.01 Å². The van der Waals surface area contributed by atoms with E-state index in [-0.39, 0.29) is 12.5 Å². The summed E-state index contributed by atoms with van der Waals surface area (Å²) in [5, 5.41) is 3.49. The highest BCUT2D eigenvalue weighted by atomic mass is 16.2. The van der Waals surface area contributed by atoms with E-state index in [4.69, 9.17) is 0 Å². The lowest BCUT2D eigenvalue weighted by Crippen LogP contribution is -3.14. The molecule has 2 heterocycles. The molecule has 0 radical (unpaired) electrons. The SMILES string of the molecule is C[C@@H]1CCC[NH+](CC(=O)NN2C(=O)N[C@](C)(c3ccccc3)C2=O)C1. The third-order valence-corrected chi connectivity index (χ3v) is 5.05. The minimum atomic E-state index is -1.17. The first-order valence-electron chi connectivity index (χ1n) is 8.75. The summed E-state index contributed by atoms with van der Waals surface area (Å²) < 4.78 is 0. The van der Waals surface area contributed by atoms with Crippen LogP contribution in [0.1, 0.15) is 32.3 Å². The molecule has 2 saturated heterocycles. The number of piperidine rings is 1. The van der Waals surface area contributed by atoms with E-state index in [2.05, 4.69) is 17.7 Å². The van der Waals surface area contributed by atoms with E-state index in [1.54, 1.807) is 19.1 Å². The normalized spacial score (nSPS) is 29.4. The van der Waals surface area contributed by atoms with Crippen molar-refractivity contribution < 1.29 is 19.3 Å². The molecule has 1 unspecified atom stereocenters. The number of likely N-dealkylation sites (tertiary alicyclic amines) is 1. The zero-order valence-corrected chi connectivity index (χ0v) is 14.7. The first kappa shape index (κ1) is 17.4. The van der Waals surface area contributed by atoms with Crippen LogP contribution in [-0.4, -0.2) is 42.5 Å². The average Bonchev–Trinajstić information content (AvgIpc) is 2.80. The number of nitrogens with one attached hydrogen (secondary N) is 3. The van der Waals surface area contributed by atoms with Crippen LogP contribution in [0.2, 0.25) is 0 Å². The van der Waals surface area contributed by atoms with Gasteiger partial charge in [-0.15, -0.1) is 0 Å². The number of quaternary nitrogens is 1. The molecule has 3 N–H and O–H groups in total.